The first-order chi connectivity index (χ1) is 24.7. The average Bonchev–Trinajstić information content (AvgIpc) is 3.20. The molecule has 0 spiro atoms. The third-order valence-corrected chi connectivity index (χ3v) is 8.76. The lowest BCUT2D eigenvalue weighted by Gasteiger charge is -2.14. The normalized spacial score (nSPS) is 10.8. The Bertz CT molecular complexity index is 2540. The van der Waals surface area contributed by atoms with Crippen LogP contribution in [0.4, 0.5) is 5.69 Å². The molecule has 50 heavy (non-hydrogen) atoms. The molecule has 0 radical (unpaired) electrons. The van der Waals surface area contributed by atoms with Gasteiger partial charge in [0.2, 0.25) is 0 Å². The van der Waals surface area contributed by atoms with Gasteiger partial charge in [-0.1, -0.05) is 140 Å². The minimum Gasteiger partial charge on any atom is -0.238 e. The summed E-state index contributed by atoms with van der Waals surface area (Å²) in [6, 6.07) is 56.7. The lowest BCUT2D eigenvalue weighted by molar-refractivity contribution is 1.07. The van der Waals surface area contributed by atoms with E-state index in [2.05, 4.69) is 59.4 Å². The largest absolute Gasteiger partial charge is 0.238 e. The molecule has 0 saturated heterocycles. The van der Waals surface area contributed by atoms with Crippen molar-refractivity contribution in [1.82, 2.24) is 15.0 Å². The maximum Gasteiger partial charge on any atom is 0.187 e. The van der Waals surface area contributed by atoms with Crippen molar-refractivity contribution in [1.29, 1.82) is 5.26 Å². The van der Waals surface area contributed by atoms with Gasteiger partial charge in [0.25, 0.3) is 0 Å². The summed E-state index contributed by atoms with van der Waals surface area (Å²) in [5, 5.41) is 12.1. The summed E-state index contributed by atoms with van der Waals surface area (Å²) < 4.78 is 0. The lowest BCUT2D eigenvalue weighted by atomic mass is 9.89. The standard InChI is InChI=1S/C45H27N5/c1-47-38-21-19-31(20-22-38)36-25-30(29-46)26-37(28-36)40-24-23-39(41-17-8-9-18-42(40)41)34-15-10-16-35(27-34)45-49-43(32-11-4-2-5-12-32)48-44(50-45)33-13-6-3-7-14-33/h2-28H. The summed E-state index contributed by atoms with van der Waals surface area (Å²) in [5.41, 5.74) is 9.91. The molecule has 0 aliphatic heterocycles. The molecule has 1 heterocycles. The summed E-state index contributed by atoms with van der Waals surface area (Å²) in [6.07, 6.45) is 0. The van der Waals surface area contributed by atoms with E-state index in [0.29, 0.717) is 28.7 Å². The van der Waals surface area contributed by atoms with Crippen molar-refractivity contribution in [2.45, 2.75) is 0 Å². The van der Waals surface area contributed by atoms with Gasteiger partial charge in [-0.25, -0.2) is 19.8 Å². The second-order valence-electron chi connectivity index (χ2n) is 11.9. The van der Waals surface area contributed by atoms with Gasteiger partial charge >= 0.3 is 0 Å². The maximum absolute atomic E-state index is 9.95. The Hall–Kier alpha value is -7.21. The molecule has 8 rings (SSSR count). The molecule has 5 nitrogen and oxygen atoms in total. The molecule has 5 heteroatoms. The highest BCUT2D eigenvalue weighted by Crippen LogP contribution is 2.38. The van der Waals surface area contributed by atoms with Crippen LogP contribution in [0.15, 0.2) is 164 Å². The zero-order valence-corrected chi connectivity index (χ0v) is 26.8. The number of nitriles is 1. The number of rotatable bonds is 6. The maximum atomic E-state index is 9.95. The molecule has 7 aromatic carbocycles. The molecule has 232 valence electrons. The van der Waals surface area contributed by atoms with Gasteiger partial charge in [-0.05, 0) is 68.4 Å². The summed E-state index contributed by atoms with van der Waals surface area (Å²) in [7, 11) is 0. The van der Waals surface area contributed by atoms with E-state index in [1.165, 1.54) is 0 Å². The molecular weight excluding hydrogens is 611 g/mol. The van der Waals surface area contributed by atoms with Gasteiger partial charge in [0.15, 0.2) is 23.2 Å². The fourth-order valence-electron chi connectivity index (χ4n) is 6.31. The highest BCUT2D eigenvalue weighted by molar-refractivity contribution is 6.05. The topological polar surface area (TPSA) is 66.8 Å². The van der Waals surface area contributed by atoms with E-state index in [0.717, 1.165) is 60.8 Å². The highest BCUT2D eigenvalue weighted by atomic mass is 15.0. The summed E-state index contributed by atoms with van der Waals surface area (Å²) in [4.78, 5) is 18.3. The van der Waals surface area contributed by atoms with Gasteiger partial charge in [0.05, 0.1) is 18.2 Å². The first-order valence-electron chi connectivity index (χ1n) is 16.2. The van der Waals surface area contributed by atoms with Crippen LogP contribution in [0.5, 0.6) is 0 Å². The molecule has 0 amide bonds. The van der Waals surface area contributed by atoms with Crippen LogP contribution in [0, 0.1) is 17.9 Å². The number of nitrogens with zero attached hydrogens (tertiary/aromatic N) is 5. The molecular formula is C45H27N5. The Balaban J connectivity index is 1.24. The van der Waals surface area contributed by atoms with Crippen LogP contribution < -0.4 is 0 Å². The van der Waals surface area contributed by atoms with Crippen molar-refractivity contribution in [3.05, 3.63) is 181 Å². The van der Waals surface area contributed by atoms with E-state index in [9.17, 15) is 5.26 Å². The first-order valence-corrected chi connectivity index (χ1v) is 16.2. The van der Waals surface area contributed by atoms with Crippen molar-refractivity contribution in [2.24, 2.45) is 0 Å². The number of hydrogen-bond donors (Lipinski definition) is 0. The minimum atomic E-state index is 0.578. The monoisotopic (exact) mass is 637 g/mol. The quantitative estimate of drug-likeness (QED) is 0.170. The molecule has 0 N–H and O–H groups in total. The zero-order chi connectivity index (χ0) is 33.9. The predicted octanol–water partition coefficient (Wildman–Crippen LogP) is 11.4. The zero-order valence-electron chi connectivity index (χ0n) is 26.8. The minimum absolute atomic E-state index is 0.578. The van der Waals surface area contributed by atoms with E-state index >= 15 is 0 Å². The molecule has 0 saturated carbocycles. The Morgan fingerprint density at radius 1 is 0.420 bits per heavy atom. The number of fused-ring (bicyclic) bond motifs is 1. The van der Waals surface area contributed by atoms with E-state index in [4.69, 9.17) is 21.5 Å². The van der Waals surface area contributed by atoms with Crippen LogP contribution in [-0.4, -0.2) is 15.0 Å². The molecule has 1 aromatic heterocycles. The fraction of sp³-hybridized carbons (Fsp3) is 0. The number of aromatic nitrogens is 3. The van der Waals surface area contributed by atoms with Gasteiger partial charge in [0, 0.05) is 16.7 Å². The third-order valence-electron chi connectivity index (χ3n) is 8.76. The van der Waals surface area contributed by atoms with Crippen LogP contribution in [0.25, 0.3) is 83.2 Å². The Kier molecular flexibility index (Phi) is 7.91. The van der Waals surface area contributed by atoms with Crippen molar-refractivity contribution in [2.75, 3.05) is 0 Å². The van der Waals surface area contributed by atoms with Gasteiger partial charge in [0.1, 0.15) is 0 Å². The number of hydrogen-bond acceptors (Lipinski definition) is 4. The smallest absolute Gasteiger partial charge is 0.187 e. The van der Waals surface area contributed by atoms with Crippen molar-refractivity contribution >= 4 is 16.5 Å². The Morgan fingerprint density at radius 3 is 1.48 bits per heavy atom. The Morgan fingerprint density at radius 2 is 0.900 bits per heavy atom. The van der Waals surface area contributed by atoms with Crippen LogP contribution in [-0.2, 0) is 0 Å². The summed E-state index contributed by atoms with van der Waals surface area (Å²) in [6.45, 7) is 7.30. The predicted molar refractivity (Wildman–Crippen MR) is 201 cm³/mol. The van der Waals surface area contributed by atoms with Crippen LogP contribution >= 0.6 is 0 Å². The van der Waals surface area contributed by atoms with E-state index < -0.39 is 0 Å². The van der Waals surface area contributed by atoms with Crippen molar-refractivity contribution in [3.63, 3.8) is 0 Å². The molecule has 0 atom stereocenters. The second-order valence-corrected chi connectivity index (χ2v) is 11.9. The molecule has 0 aliphatic carbocycles. The third kappa shape index (κ3) is 5.88. The SMILES string of the molecule is [C-]#[N+]c1ccc(-c2cc(C#N)cc(-c3ccc(-c4cccc(-c5nc(-c6ccccc6)nc(-c6ccccc6)n5)c4)c4ccccc34)c2)cc1. The highest BCUT2D eigenvalue weighted by Gasteiger charge is 2.15. The van der Waals surface area contributed by atoms with Gasteiger partial charge in [-0.3, -0.25) is 0 Å². The van der Waals surface area contributed by atoms with Crippen LogP contribution in [0.1, 0.15) is 5.56 Å². The van der Waals surface area contributed by atoms with Gasteiger partial charge < -0.3 is 0 Å². The van der Waals surface area contributed by atoms with Gasteiger partial charge in [-0.2, -0.15) is 5.26 Å². The lowest BCUT2D eigenvalue weighted by Crippen LogP contribution is -2.00. The Labute approximate surface area is 290 Å². The van der Waals surface area contributed by atoms with E-state index in [-0.39, 0.29) is 0 Å². The van der Waals surface area contributed by atoms with Crippen molar-refractivity contribution in [3.8, 4) is 73.6 Å². The summed E-state index contributed by atoms with van der Waals surface area (Å²) >= 11 is 0. The first kappa shape index (κ1) is 30.1. The average molecular weight is 638 g/mol. The molecule has 0 bridgehead atoms. The van der Waals surface area contributed by atoms with E-state index in [1.54, 1.807) is 12.1 Å². The summed E-state index contributed by atoms with van der Waals surface area (Å²) in [5.74, 6) is 1.85. The van der Waals surface area contributed by atoms with E-state index in [1.807, 2.05) is 103 Å². The van der Waals surface area contributed by atoms with Gasteiger partial charge in [-0.15, -0.1) is 0 Å². The molecule has 8 aromatic rings. The molecule has 0 fully saturated rings. The number of benzene rings is 7. The fourth-order valence-corrected chi connectivity index (χ4v) is 6.31. The van der Waals surface area contributed by atoms with Crippen molar-refractivity contribution < 1.29 is 0 Å². The van der Waals surface area contributed by atoms with Crippen LogP contribution in [0.3, 0.4) is 0 Å². The second kappa shape index (κ2) is 13.1. The molecule has 0 aliphatic rings. The van der Waals surface area contributed by atoms with Crippen LogP contribution in [0.2, 0.25) is 0 Å². The molecule has 0 unspecified atom stereocenters.